The Balaban J connectivity index is 2.33. The van der Waals surface area contributed by atoms with E-state index in [1.807, 2.05) is 0 Å². The van der Waals surface area contributed by atoms with Crippen LogP contribution in [-0.2, 0) is 0 Å². The van der Waals surface area contributed by atoms with Crippen LogP contribution in [0.1, 0.15) is 13.8 Å². The van der Waals surface area contributed by atoms with E-state index in [0.717, 1.165) is 19.0 Å². The highest BCUT2D eigenvalue weighted by Crippen LogP contribution is 2.10. The van der Waals surface area contributed by atoms with E-state index in [4.69, 9.17) is 0 Å². The molecule has 0 atom stereocenters. The minimum absolute atomic E-state index is 0.743. The predicted molar refractivity (Wildman–Crippen MR) is 72.0 cm³/mol. The van der Waals surface area contributed by atoms with Crippen LogP contribution in [0.2, 0.25) is 0 Å². The van der Waals surface area contributed by atoms with Crippen molar-refractivity contribution in [2.75, 3.05) is 38.6 Å². The SMILES string of the molecule is CC(C)CN(C)CCN(C)c1ccccc1. The van der Waals surface area contributed by atoms with Crippen molar-refractivity contribution in [1.29, 1.82) is 0 Å². The summed E-state index contributed by atoms with van der Waals surface area (Å²) in [5, 5.41) is 0. The van der Waals surface area contributed by atoms with Gasteiger partial charge in [0.15, 0.2) is 0 Å². The minimum Gasteiger partial charge on any atom is -0.373 e. The molecule has 0 saturated carbocycles. The van der Waals surface area contributed by atoms with Crippen LogP contribution >= 0.6 is 0 Å². The van der Waals surface area contributed by atoms with E-state index in [0.29, 0.717) is 0 Å². The first kappa shape index (κ1) is 13.0. The number of para-hydroxylation sites is 1. The fourth-order valence-corrected chi connectivity index (χ4v) is 1.85. The summed E-state index contributed by atoms with van der Waals surface area (Å²) in [4.78, 5) is 4.70. The first-order valence-corrected chi connectivity index (χ1v) is 6.04. The molecule has 0 heterocycles. The molecule has 0 radical (unpaired) electrons. The highest BCUT2D eigenvalue weighted by atomic mass is 15.2. The molecule has 0 N–H and O–H groups in total. The number of rotatable bonds is 6. The standard InChI is InChI=1S/C14H24N2/c1-13(2)12-15(3)10-11-16(4)14-8-6-5-7-9-14/h5-9,13H,10-12H2,1-4H3. The van der Waals surface area contributed by atoms with E-state index in [9.17, 15) is 0 Å². The Morgan fingerprint density at radius 2 is 1.62 bits per heavy atom. The van der Waals surface area contributed by atoms with E-state index >= 15 is 0 Å². The molecule has 16 heavy (non-hydrogen) atoms. The Kier molecular flexibility index (Phi) is 5.33. The van der Waals surface area contributed by atoms with Gasteiger partial charge in [0.05, 0.1) is 0 Å². The summed E-state index contributed by atoms with van der Waals surface area (Å²) in [5.41, 5.74) is 1.29. The third-order valence-electron chi connectivity index (χ3n) is 2.69. The highest BCUT2D eigenvalue weighted by molar-refractivity contribution is 5.44. The van der Waals surface area contributed by atoms with E-state index in [1.54, 1.807) is 0 Å². The van der Waals surface area contributed by atoms with Crippen molar-refractivity contribution in [3.63, 3.8) is 0 Å². The van der Waals surface area contributed by atoms with Crippen molar-refractivity contribution < 1.29 is 0 Å². The Labute approximate surface area is 99.9 Å². The van der Waals surface area contributed by atoms with E-state index < -0.39 is 0 Å². The summed E-state index contributed by atoms with van der Waals surface area (Å²) in [7, 11) is 4.34. The number of hydrogen-bond acceptors (Lipinski definition) is 2. The molecule has 2 heteroatoms. The molecule has 0 fully saturated rings. The van der Waals surface area contributed by atoms with Gasteiger partial charge in [-0.2, -0.15) is 0 Å². The van der Waals surface area contributed by atoms with Crippen molar-refractivity contribution >= 4 is 5.69 Å². The molecule has 0 saturated heterocycles. The third kappa shape index (κ3) is 4.67. The molecule has 90 valence electrons. The number of hydrogen-bond donors (Lipinski definition) is 0. The lowest BCUT2D eigenvalue weighted by Crippen LogP contribution is -2.32. The van der Waals surface area contributed by atoms with Gasteiger partial charge in [-0.1, -0.05) is 32.0 Å². The average molecular weight is 220 g/mol. The van der Waals surface area contributed by atoms with Gasteiger partial charge in [-0.15, -0.1) is 0 Å². The van der Waals surface area contributed by atoms with Crippen LogP contribution in [0.25, 0.3) is 0 Å². The third-order valence-corrected chi connectivity index (χ3v) is 2.69. The molecule has 0 amide bonds. The lowest BCUT2D eigenvalue weighted by molar-refractivity contribution is 0.302. The average Bonchev–Trinajstić information content (AvgIpc) is 2.26. The quantitative estimate of drug-likeness (QED) is 0.727. The normalized spacial score (nSPS) is 11.1. The maximum Gasteiger partial charge on any atom is 0.0364 e. The second-order valence-electron chi connectivity index (χ2n) is 4.91. The Morgan fingerprint density at radius 3 is 2.19 bits per heavy atom. The lowest BCUT2D eigenvalue weighted by atomic mass is 10.2. The summed E-state index contributed by atoms with van der Waals surface area (Å²) >= 11 is 0. The molecular weight excluding hydrogens is 196 g/mol. The first-order valence-electron chi connectivity index (χ1n) is 6.04. The van der Waals surface area contributed by atoms with Gasteiger partial charge in [0.2, 0.25) is 0 Å². The highest BCUT2D eigenvalue weighted by Gasteiger charge is 2.04. The molecule has 0 aliphatic rings. The van der Waals surface area contributed by atoms with Crippen LogP contribution in [0.3, 0.4) is 0 Å². The molecular formula is C14H24N2. The van der Waals surface area contributed by atoms with Crippen LogP contribution in [0.15, 0.2) is 30.3 Å². The van der Waals surface area contributed by atoms with Gasteiger partial charge < -0.3 is 9.80 Å². The largest absolute Gasteiger partial charge is 0.373 e. The van der Waals surface area contributed by atoms with E-state index in [2.05, 4.69) is 68.1 Å². The lowest BCUT2D eigenvalue weighted by Gasteiger charge is -2.24. The molecule has 0 bridgehead atoms. The van der Waals surface area contributed by atoms with Crippen molar-refractivity contribution in [3.05, 3.63) is 30.3 Å². The summed E-state index contributed by atoms with van der Waals surface area (Å²) in [6, 6.07) is 10.5. The molecule has 1 rings (SSSR count). The summed E-state index contributed by atoms with van der Waals surface area (Å²) in [5.74, 6) is 0.743. The molecule has 0 unspecified atom stereocenters. The second-order valence-corrected chi connectivity index (χ2v) is 4.91. The van der Waals surface area contributed by atoms with Gasteiger partial charge in [-0.3, -0.25) is 0 Å². The fraction of sp³-hybridized carbons (Fsp3) is 0.571. The topological polar surface area (TPSA) is 6.48 Å². The number of benzene rings is 1. The molecule has 0 aliphatic heterocycles. The van der Waals surface area contributed by atoms with Crippen molar-refractivity contribution in [2.45, 2.75) is 13.8 Å². The van der Waals surface area contributed by atoms with Gasteiger partial charge in [0.25, 0.3) is 0 Å². The van der Waals surface area contributed by atoms with Crippen molar-refractivity contribution in [1.82, 2.24) is 4.90 Å². The molecule has 0 spiro atoms. The van der Waals surface area contributed by atoms with Crippen LogP contribution < -0.4 is 4.90 Å². The number of likely N-dealkylation sites (N-methyl/N-ethyl adjacent to an activating group) is 2. The summed E-state index contributed by atoms with van der Waals surface area (Å²) in [6.45, 7) is 7.88. The monoisotopic (exact) mass is 220 g/mol. The first-order chi connectivity index (χ1) is 7.59. The van der Waals surface area contributed by atoms with E-state index in [1.165, 1.54) is 12.2 Å². The van der Waals surface area contributed by atoms with Crippen LogP contribution in [-0.4, -0.2) is 38.6 Å². The zero-order valence-corrected chi connectivity index (χ0v) is 11.0. The van der Waals surface area contributed by atoms with Gasteiger partial charge in [-0.05, 0) is 25.1 Å². The van der Waals surface area contributed by atoms with Crippen LogP contribution in [0.4, 0.5) is 5.69 Å². The predicted octanol–water partition coefficient (Wildman–Crippen LogP) is 2.71. The Morgan fingerprint density at radius 1 is 1.00 bits per heavy atom. The van der Waals surface area contributed by atoms with Crippen LogP contribution in [0, 0.1) is 5.92 Å². The zero-order chi connectivity index (χ0) is 12.0. The molecule has 1 aromatic rings. The summed E-state index contributed by atoms with van der Waals surface area (Å²) in [6.07, 6.45) is 0. The van der Waals surface area contributed by atoms with E-state index in [-0.39, 0.29) is 0 Å². The van der Waals surface area contributed by atoms with Crippen molar-refractivity contribution in [2.24, 2.45) is 5.92 Å². The van der Waals surface area contributed by atoms with Gasteiger partial charge >= 0.3 is 0 Å². The Hall–Kier alpha value is -1.02. The zero-order valence-electron chi connectivity index (χ0n) is 11.0. The maximum atomic E-state index is 2.39. The smallest absolute Gasteiger partial charge is 0.0364 e. The second kappa shape index (κ2) is 6.54. The van der Waals surface area contributed by atoms with Gasteiger partial charge in [0, 0.05) is 32.4 Å². The molecule has 2 nitrogen and oxygen atoms in total. The minimum atomic E-state index is 0.743. The van der Waals surface area contributed by atoms with Gasteiger partial charge in [-0.25, -0.2) is 0 Å². The fourth-order valence-electron chi connectivity index (χ4n) is 1.85. The number of nitrogens with zero attached hydrogens (tertiary/aromatic N) is 2. The maximum absolute atomic E-state index is 2.39. The van der Waals surface area contributed by atoms with Crippen molar-refractivity contribution in [3.8, 4) is 0 Å². The summed E-state index contributed by atoms with van der Waals surface area (Å²) < 4.78 is 0. The molecule has 1 aromatic carbocycles. The molecule has 0 aliphatic carbocycles. The number of anilines is 1. The van der Waals surface area contributed by atoms with Crippen LogP contribution in [0.5, 0.6) is 0 Å². The molecule has 0 aromatic heterocycles. The Bertz CT molecular complexity index is 282. The van der Waals surface area contributed by atoms with Gasteiger partial charge in [0.1, 0.15) is 0 Å².